The van der Waals surface area contributed by atoms with E-state index in [-0.39, 0.29) is 4.93 Å². The molecule has 0 aliphatic carbocycles. The van der Waals surface area contributed by atoms with Crippen molar-refractivity contribution in [3.8, 4) is 0 Å². The molecule has 2 fully saturated rings. The van der Waals surface area contributed by atoms with Crippen molar-refractivity contribution in [2.75, 3.05) is 25.4 Å². The van der Waals surface area contributed by atoms with E-state index < -0.39 is 10.0 Å². The van der Waals surface area contributed by atoms with Crippen LogP contribution in [-0.4, -0.2) is 43.1 Å². The van der Waals surface area contributed by atoms with Crippen LogP contribution in [0.2, 0.25) is 0 Å². The van der Waals surface area contributed by atoms with Crippen LogP contribution in [-0.2, 0) is 14.8 Å². The molecule has 0 saturated carbocycles. The minimum atomic E-state index is -3.43. The number of sulfonamides is 1. The largest absolute Gasteiger partial charge is 0.363 e. The van der Waals surface area contributed by atoms with Crippen molar-refractivity contribution in [3.05, 3.63) is 42.5 Å². The number of hydrogen-bond donors (Lipinski definition) is 0. The van der Waals surface area contributed by atoms with Crippen molar-refractivity contribution in [2.24, 2.45) is 0 Å². The Morgan fingerprint density at radius 3 is 2.48 bits per heavy atom. The van der Waals surface area contributed by atoms with Gasteiger partial charge in [-0.15, -0.1) is 11.8 Å². The molecule has 2 aliphatic heterocycles. The summed E-state index contributed by atoms with van der Waals surface area (Å²) in [6.45, 7) is 1.84. The standard InChI is InChI=1S/C17H19NO3S2/c19-23(20,16-6-5-14-3-1-2-4-15(14)13-16)18-9-7-17(8-10-18)21-11-12-22-17/h1-6,13H,7-12H2. The minimum Gasteiger partial charge on any atom is -0.363 e. The van der Waals surface area contributed by atoms with Crippen LogP contribution in [0.4, 0.5) is 0 Å². The first-order valence-electron chi connectivity index (χ1n) is 7.86. The molecule has 6 heteroatoms. The molecule has 0 radical (unpaired) electrons. The van der Waals surface area contributed by atoms with Gasteiger partial charge in [0.2, 0.25) is 10.0 Å². The van der Waals surface area contributed by atoms with E-state index in [0.29, 0.717) is 18.0 Å². The van der Waals surface area contributed by atoms with Crippen molar-refractivity contribution in [2.45, 2.75) is 22.7 Å². The lowest BCUT2D eigenvalue weighted by Crippen LogP contribution is -2.44. The van der Waals surface area contributed by atoms with Crippen molar-refractivity contribution in [3.63, 3.8) is 0 Å². The van der Waals surface area contributed by atoms with Crippen LogP contribution in [0.1, 0.15) is 12.8 Å². The first kappa shape index (κ1) is 15.4. The monoisotopic (exact) mass is 349 g/mol. The number of piperidine rings is 1. The molecule has 0 atom stereocenters. The zero-order chi connectivity index (χ0) is 15.9. The lowest BCUT2D eigenvalue weighted by atomic mass is 10.1. The lowest BCUT2D eigenvalue weighted by Gasteiger charge is -2.37. The molecular weight excluding hydrogens is 330 g/mol. The number of fused-ring (bicyclic) bond motifs is 1. The van der Waals surface area contributed by atoms with E-state index in [4.69, 9.17) is 4.74 Å². The Kier molecular flexibility index (Phi) is 3.88. The summed E-state index contributed by atoms with van der Waals surface area (Å²) < 4.78 is 33.3. The molecule has 1 spiro atoms. The lowest BCUT2D eigenvalue weighted by molar-refractivity contribution is 0.0162. The number of ether oxygens (including phenoxy) is 1. The number of rotatable bonds is 2. The maximum absolute atomic E-state index is 12.9. The normalized spacial score (nSPS) is 21.9. The van der Waals surface area contributed by atoms with Gasteiger partial charge >= 0.3 is 0 Å². The van der Waals surface area contributed by atoms with Gasteiger partial charge in [-0.1, -0.05) is 30.3 Å². The van der Waals surface area contributed by atoms with Crippen molar-refractivity contribution in [1.82, 2.24) is 4.31 Å². The molecule has 0 bridgehead atoms. The highest BCUT2D eigenvalue weighted by molar-refractivity contribution is 8.00. The topological polar surface area (TPSA) is 46.6 Å². The summed E-state index contributed by atoms with van der Waals surface area (Å²) in [7, 11) is -3.43. The van der Waals surface area contributed by atoms with Crippen LogP contribution in [0.15, 0.2) is 47.4 Å². The molecule has 23 heavy (non-hydrogen) atoms. The second-order valence-electron chi connectivity index (χ2n) is 6.02. The second-order valence-corrected chi connectivity index (χ2v) is 9.40. The highest BCUT2D eigenvalue weighted by Crippen LogP contribution is 2.42. The Hall–Kier alpha value is -1.08. The number of nitrogens with zero attached hydrogens (tertiary/aromatic N) is 1. The van der Waals surface area contributed by atoms with Gasteiger partial charge in [0, 0.05) is 18.8 Å². The third-order valence-electron chi connectivity index (χ3n) is 4.66. The molecule has 2 saturated heterocycles. The predicted molar refractivity (Wildman–Crippen MR) is 93.1 cm³/mol. The summed E-state index contributed by atoms with van der Waals surface area (Å²) in [4.78, 5) is 0.238. The van der Waals surface area contributed by atoms with Crippen molar-refractivity contribution >= 4 is 32.6 Å². The van der Waals surface area contributed by atoms with Gasteiger partial charge in [0.1, 0.15) is 4.93 Å². The average Bonchev–Trinajstić information content (AvgIpc) is 3.03. The van der Waals surface area contributed by atoms with Gasteiger partial charge in [-0.3, -0.25) is 0 Å². The smallest absolute Gasteiger partial charge is 0.243 e. The second kappa shape index (κ2) is 5.77. The van der Waals surface area contributed by atoms with Crippen LogP contribution >= 0.6 is 11.8 Å². The summed E-state index contributed by atoms with van der Waals surface area (Å²) in [5.74, 6) is 1.01. The van der Waals surface area contributed by atoms with E-state index in [1.807, 2.05) is 42.1 Å². The Morgan fingerprint density at radius 1 is 1.04 bits per heavy atom. The first-order chi connectivity index (χ1) is 11.1. The highest BCUT2D eigenvalue weighted by atomic mass is 32.2. The summed E-state index contributed by atoms with van der Waals surface area (Å²) in [5, 5.41) is 2.01. The Balaban J connectivity index is 1.59. The van der Waals surface area contributed by atoms with E-state index in [0.717, 1.165) is 36.0 Å². The van der Waals surface area contributed by atoms with Gasteiger partial charge in [-0.05, 0) is 35.7 Å². The number of benzene rings is 2. The van der Waals surface area contributed by atoms with E-state index in [1.165, 1.54) is 0 Å². The Labute approximate surface area is 140 Å². The van der Waals surface area contributed by atoms with Crippen molar-refractivity contribution in [1.29, 1.82) is 0 Å². The molecule has 0 amide bonds. The Bertz CT molecular complexity index is 819. The van der Waals surface area contributed by atoms with E-state index in [9.17, 15) is 8.42 Å². The maximum Gasteiger partial charge on any atom is 0.243 e. The quantitative estimate of drug-likeness (QED) is 0.836. The molecule has 4 rings (SSSR count). The van der Waals surface area contributed by atoms with Gasteiger partial charge in [-0.25, -0.2) is 8.42 Å². The van der Waals surface area contributed by atoms with Gasteiger partial charge < -0.3 is 4.74 Å². The summed E-state index contributed by atoms with van der Waals surface area (Å²) in [6.07, 6.45) is 1.54. The minimum absolute atomic E-state index is 0.143. The molecular formula is C17H19NO3S2. The van der Waals surface area contributed by atoms with E-state index in [2.05, 4.69) is 0 Å². The summed E-state index contributed by atoms with van der Waals surface area (Å²) in [6, 6.07) is 13.2. The van der Waals surface area contributed by atoms with Gasteiger partial charge in [0.05, 0.1) is 11.5 Å². The fourth-order valence-electron chi connectivity index (χ4n) is 3.33. The van der Waals surface area contributed by atoms with Crippen LogP contribution in [0.25, 0.3) is 10.8 Å². The van der Waals surface area contributed by atoms with E-state index >= 15 is 0 Å². The van der Waals surface area contributed by atoms with E-state index in [1.54, 1.807) is 16.4 Å². The SMILES string of the molecule is O=S(=O)(c1ccc2ccccc2c1)N1CCC2(CC1)OCCS2. The first-order valence-corrected chi connectivity index (χ1v) is 10.3. The van der Waals surface area contributed by atoms with Crippen LogP contribution in [0, 0.1) is 0 Å². The van der Waals surface area contributed by atoms with Crippen LogP contribution < -0.4 is 0 Å². The van der Waals surface area contributed by atoms with Gasteiger partial charge in [-0.2, -0.15) is 4.31 Å². The van der Waals surface area contributed by atoms with Crippen LogP contribution in [0.3, 0.4) is 0 Å². The molecule has 122 valence electrons. The number of hydrogen-bond acceptors (Lipinski definition) is 4. The average molecular weight is 349 g/mol. The van der Waals surface area contributed by atoms with Crippen LogP contribution in [0.5, 0.6) is 0 Å². The van der Waals surface area contributed by atoms with Crippen molar-refractivity contribution < 1.29 is 13.2 Å². The number of thioether (sulfide) groups is 1. The highest BCUT2D eigenvalue weighted by Gasteiger charge is 2.42. The summed E-state index contributed by atoms with van der Waals surface area (Å²) in [5.41, 5.74) is 0. The molecule has 0 unspecified atom stereocenters. The summed E-state index contributed by atoms with van der Waals surface area (Å²) >= 11 is 1.83. The predicted octanol–water partition coefficient (Wildman–Crippen LogP) is 3.08. The zero-order valence-electron chi connectivity index (χ0n) is 12.8. The Morgan fingerprint density at radius 2 is 1.78 bits per heavy atom. The molecule has 2 heterocycles. The van der Waals surface area contributed by atoms with Gasteiger partial charge in [0.15, 0.2) is 0 Å². The zero-order valence-corrected chi connectivity index (χ0v) is 14.4. The third-order valence-corrected chi connectivity index (χ3v) is 7.97. The third kappa shape index (κ3) is 2.78. The fourth-order valence-corrected chi connectivity index (χ4v) is 5.98. The molecule has 4 nitrogen and oxygen atoms in total. The molecule has 2 aliphatic rings. The molecule has 2 aromatic rings. The maximum atomic E-state index is 12.9. The molecule has 2 aromatic carbocycles. The van der Waals surface area contributed by atoms with Gasteiger partial charge in [0.25, 0.3) is 0 Å². The fraction of sp³-hybridized carbons (Fsp3) is 0.412. The molecule has 0 aromatic heterocycles. The molecule has 0 N–H and O–H groups in total.